The maximum atomic E-state index is 12.4. The number of carboxylic acid groups (broad SMARTS) is 1. The highest BCUT2D eigenvalue weighted by Crippen LogP contribution is 2.30. The fourth-order valence-electron chi connectivity index (χ4n) is 3.96. The van der Waals surface area contributed by atoms with Crippen molar-refractivity contribution in [2.24, 2.45) is 11.8 Å². The molecule has 0 unspecified atom stereocenters. The molecule has 3 rings (SSSR count). The highest BCUT2D eigenvalue weighted by molar-refractivity contribution is 5.89. The minimum Gasteiger partial charge on any atom is -0.507 e. The van der Waals surface area contributed by atoms with Crippen LogP contribution < -0.4 is 10.9 Å². The number of benzene rings is 1. The summed E-state index contributed by atoms with van der Waals surface area (Å²) >= 11 is 0. The fraction of sp³-hybridized carbons (Fsp3) is 0.476. The number of hydrogen-bond acceptors (Lipinski definition) is 5. The molecule has 0 bridgehead atoms. The Hall–Kier alpha value is -2.83. The summed E-state index contributed by atoms with van der Waals surface area (Å²) in [5.74, 6) is -1.05. The molecule has 1 amide bonds. The third kappa shape index (κ3) is 4.18. The molecule has 0 spiro atoms. The molecular formula is C21H25NO6. The lowest BCUT2D eigenvalue weighted by Crippen LogP contribution is -2.34. The van der Waals surface area contributed by atoms with Gasteiger partial charge in [0.2, 0.25) is 5.91 Å². The van der Waals surface area contributed by atoms with Crippen molar-refractivity contribution >= 4 is 22.8 Å². The molecule has 0 aliphatic heterocycles. The number of carboxylic acids is 1. The molecule has 0 radical (unpaired) electrons. The Kier molecular flexibility index (Phi) is 5.72. The summed E-state index contributed by atoms with van der Waals surface area (Å²) in [5, 5.41) is 22.5. The Morgan fingerprint density at radius 3 is 2.50 bits per heavy atom. The molecule has 1 aliphatic carbocycles. The van der Waals surface area contributed by atoms with Crippen molar-refractivity contribution in [3.05, 3.63) is 39.2 Å². The van der Waals surface area contributed by atoms with Crippen molar-refractivity contribution in [2.75, 3.05) is 6.54 Å². The van der Waals surface area contributed by atoms with Gasteiger partial charge in [-0.2, -0.15) is 0 Å². The first kappa shape index (κ1) is 19.9. The van der Waals surface area contributed by atoms with Gasteiger partial charge >= 0.3 is 11.6 Å². The third-order valence-corrected chi connectivity index (χ3v) is 5.62. The molecule has 0 atom stereocenters. The summed E-state index contributed by atoms with van der Waals surface area (Å²) in [7, 11) is 0. The van der Waals surface area contributed by atoms with Crippen molar-refractivity contribution < 1.29 is 24.2 Å². The first-order chi connectivity index (χ1) is 13.3. The molecule has 150 valence electrons. The van der Waals surface area contributed by atoms with Crippen molar-refractivity contribution in [3.8, 4) is 5.75 Å². The maximum absolute atomic E-state index is 12.4. The van der Waals surface area contributed by atoms with Crippen LogP contribution in [0.5, 0.6) is 5.75 Å². The highest BCUT2D eigenvalue weighted by atomic mass is 16.4. The van der Waals surface area contributed by atoms with E-state index in [4.69, 9.17) is 9.52 Å². The van der Waals surface area contributed by atoms with E-state index >= 15 is 0 Å². The standard InChI is InChI=1S/C21H25NO6/c1-11-7-16(23)19-12(2)15(21(27)28-17(19)8-11)9-18(24)22-10-13-3-5-14(6-4-13)20(25)26/h7-8,13-14,23H,3-6,9-10H2,1-2H3,(H,22,24)(H,25,26). The molecule has 0 saturated heterocycles. The van der Waals surface area contributed by atoms with Crippen LogP contribution in [0, 0.1) is 25.7 Å². The zero-order chi connectivity index (χ0) is 20.4. The Balaban J connectivity index is 1.67. The van der Waals surface area contributed by atoms with Crippen LogP contribution >= 0.6 is 0 Å². The number of carbonyl (C=O) groups is 2. The number of aryl methyl sites for hydroxylation is 2. The van der Waals surface area contributed by atoms with Gasteiger partial charge in [0.05, 0.1) is 23.3 Å². The molecule has 1 heterocycles. The molecule has 2 aromatic rings. The fourth-order valence-corrected chi connectivity index (χ4v) is 3.96. The average Bonchev–Trinajstić information content (AvgIpc) is 2.63. The summed E-state index contributed by atoms with van der Waals surface area (Å²) in [6.45, 7) is 3.96. The highest BCUT2D eigenvalue weighted by Gasteiger charge is 2.26. The molecule has 1 saturated carbocycles. The van der Waals surface area contributed by atoms with E-state index in [1.807, 2.05) is 0 Å². The Morgan fingerprint density at radius 2 is 1.86 bits per heavy atom. The summed E-state index contributed by atoms with van der Waals surface area (Å²) in [6.07, 6.45) is 2.66. The summed E-state index contributed by atoms with van der Waals surface area (Å²) in [4.78, 5) is 35.7. The number of fused-ring (bicyclic) bond motifs is 1. The van der Waals surface area contributed by atoms with E-state index in [9.17, 15) is 19.5 Å². The third-order valence-electron chi connectivity index (χ3n) is 5.62. The number of hydrogen-bond donors (Lipinski definition) is 3. The van der Waals surface area contributed by atoms with Gasteiger partial charge in [0.1, 0.15) is 11.3 Å². The summed E-state index contributed by atoms with van der Waals surface area (Å²) in [6, 6.07) is 3.27. The quantitative estimate of drug-likeness (QED) is 0.679. The zero-order valence-corrected chi connectivity index (χ0v) is 16.1. The molecule has 1 aromatic carbocycles. The topological polar surface area (TPSA) is 117 Å². The number of carbonyl (C=O) groups excluding carboxylic acids is 1. The lowest BCUT2D eigenvalue weighted by molar-refractivity contribution is -0.143. The SMILES string of the molecule is Cc1cc(O)c2c(C)c(CC(=O)NCC3CCC(C(=O)O)CC3)c(=O)oc2c1. The average molecular weight is 387 g/mol. The van der Waals surface area contributed by atoms with E-state index in [-0.39, 0.29) is 35.5 Å². The van der Waals surface area contributed by atoms with Gasteiger partial charge in [-0.3, -0.25) is 9.59 Å². The summed E-state index contributed by atoms with van der Waals surface area (Å²) < 4.78 is 5.31. The van der Waals surface area contributed by atoms with Crippen molar-refractivity contribution in [1.29, 1.82) is 0 Å². The first-order valence-electron chi connectivity index (χ1n) is 9.51. The molecule has 1 fully saturated rings. The normalized spacial score (nSPS) is 19.5. The van der Waals surface area contributed by atoms with Crippen molar-refractivity contribution in [2.45, 2.75) is 46.0 Å². The van der Waals surface area contributed by atoms with Gasteiger partial charge in [0.15, 0.2) is 0 Å². The Morgan fingerprint density at radius 1 is 1.18 bits per heavy atom. The lowest BCUT2D eigenvalue weighted by atomic mass is 9.82. The smallest absolute Gasteiger partial charge is 0.340 e. The van der Waals surface area contributed by atoms with Gasteiger partial charge in [0, 0.05) is 6.54 Å². The van der Waals surface area contributed by atoms with Gasteiger partial charge in [-0.15, -0.1) is 0 Å². The molecule has 3 N–H and O–H groups in total. The lowest BCUT2D eigenvalue weighted by Gasteiger charge is -2.26. The second-order valence-electron chi connectivity index (χ2n) is 7.69. The number of rotatable bonds is 5. The Bertz CT molecular complexity index is 969. The van der Waals surface area contributed by atoms with Crippen LogP contribution in [0.4, 0.5) is 0 Å². The number of amides is 1. The van der Waals surface area contributed by atoms with Crippen molar-refractivity contribution in [1.82, 2.24) is 5.32 Å². The van der Waals surface area contributed by atoms with Gasteiger partial charge in [-0.25, -0.2) is 4.79 Å². The Labute approximate surface area is 162 Å². The van der Waals surface area contributed by atoms with E-state index < -0.39 is 11.6 Å². The number of nitrogens with one attached hydrogen (secondary N) is 1. The van der Waals surface area contributed by atoms with Gasteiger partial charge in [-0.1, -0.05) is 0 Å². The molecule has 7 nitrogen and oxygen atoms in total. The number of aliphatic carboxylic acids is 1. The molecule has 1 aromatic heterocycles. The zero-order valence-electron chi connectivity index (χ0n) is 16.1. The number of phenolic OH excluding ortho intramolecular Hbond substituents is 1. The summed E-state index contributed by atoms with van der Waals surface area (Å²) in [5.41, 5.74) is 1.28. The van der Waals surface area contributed by atoms with E-state index in [0.29, 0.717) is 35.9 Å². The van der Waals surface area contributed by atoms with Crippen LogP contribution in [0.1, 0.15) is 42.4 Å². The van der Waals surface area contributed by atoms with Crippen LogP contribution in [-0.2, 0) is 16.0 Å². The monoisotopic (exact) mass is 387 g/mol. The molecular weight excluding hydrogens is 362 g/mol. The van der Waals surface area contributed by atoms with E-state index in [2.05, 4.69) is 5.32 Å². The van der Waals surface area contributed by atoms with Crippen LogP contribution in [0.25, 0.3) is 11.0 Å². The van der Waals surface area contributed by atoms with Crippen molar-refractivity contribution in [3.63, 3.8) is 0 Å². The van der Waals surface area contributed by atoms with E-state index in [0.717, 1.165) is 18.4 Å². The van der Waals surface area contributed by atoms with Gasteiger partial charge < -0.3 is 19.9 Å². The minimum atomic E-state index is -0.751. The van der Waals surface area contributed by atoms with E-state index in [1.165, 1.54) is 0 Å². The number of aromatic hydroxyl groups is 1. The molecule has 1 aliphatic rings. The predicted octanol–water partition coefficient (Wildman–Crippen LogP) is 2.67. The largest absolute Gasteiger partial charge is 0.507 e. The number of phenols is 1. The van der Waals surface area contributed by atoms with Crippen LogP contribution in [0.15, 0.2) is 21.3 Å². The second-order valence-corrected chi connectivity index (χ2v) is 7.69. The van der Waals surface area contributed by atoms with Gasteiger partial charge in [0.25, 0.3) is 0 Å². The van der Waals surface area contributed by atoms with E-state index in [1.54, 1.807) is 26.0 Å². The second kappa shape index (κ2) is 8.04. The first-order valence-corrected chi connectivity index (χ1v) is 9.51. The minimum absolute atomic E-state index is 0.0214. The van der Waals surface area contributed by atoms with Crippen LogP contribution in [0.3, 0.4) is 0 Å². The van der Waals surface area contributed by atoms with Gasteiger partial charge in [-0.05, 0) is 68.7 Å². The predicted molar refractivity (Wildman–Crippen MR) is 103 cm³/mol. The molecule has 28 heavy (non-hydrogen) atoms. The maximum Gasteiger partial charge on any atom is 0.340 e. The molecule has 7 heteroatoms. The van der Waals surface area contributed by atoms with Crippen LogP contribution in [0.2, 0.25) is 0 Å². The van der Waals surface area contributed by atoms with Crippen LogP contribution in [-0.4, -0.2) is 28.6 Å².